The maximum atomic E-state index is 10.9. The van der Waals surface area contributed by atoms with Gasteiger partial charge in [0, 0.05) is 0 Å². The van der Waals surface area contributed by atoms with E-state index in [0.717, 1.165) is 0 Å². The summed E-state index contributed by atoms with van der Waals surface area (Å²) in [6, 6.07) is 6.74. The number of hydrogen-bond donors (Lipinski definition) is 1. The molecule has 0 saturated heterocycles. The van der Waals surface area contributed by atoms with Crippen molar-refractivity contribution < 1.29 is 34.4 Å². The summed E-state index contributed by atoms with van der Waals surface area (Å²) < 4.78 is 0. The summed E-state index contributed by atoms with van der Waals surface area (Å²) in [6.45, 7) is 0. The fourth-order valence-corrected chi connectivity index (χ4v) is 1.12. The zero-order valence-corrected chi connectivity index (χ0v) is 13.0. The van der Waals surface area contributed by atoms with Crippen LogP contribution in [0.4, 0.5) is 0 Å². The minimum Gasteiger partial charge on any atom is -1.00 e. The molecule has 6 heteroatoms. The molecular weight excluding hydrogens is 350 g/mol. The Balaban J connectivity index is 0. The van der Waals surface area contributed by atoms with E-state index >= 15 is 0 Å². The normalized spacial score (nSPS) is 11.4. The number of fused-ring (bicyclic) bond motifs is 1. The average Bonchev–Trinajstić information content (AvgIpc) is 2.30. The van der Waals surface area contributed by atoms with Crippen molar-refractivity contribution in [3.63, 3.8) is 0 Å². The van der Waals surface area contributed by atoms with Crippen LogP contribution < -0.4 is 30.1 Å². The molecule has 0 spiro atoms. The van der Waals surface area contributed by atoms with E-state index in [1.54, 1.807) is 24.3 Å². The molecule has 1 N–H and O–H groups in total. The molecule has 14 heavy (non-hydrogen) atoms. The SMILES string of the molecule is O=C1NC(=O)c2ccccc21.[Ba+2].[Cl-].[Cl-]. The van der Waals surface area contributed by atoms with Crippen molar-refractivity contribution >= 4 is 60.7 Å². The van der Waals surface area contributed by atoms with Crippen molar-refractivity contribution in [3.05, 3.63) is 35.4 Å². The zero-order valence-electron chi connectivity index (χ0n) is 7.09. The Hall–Kier alpha value is 0.511. The van der Waals surface area contributed by atoms with Gasteiger partial charge in [0.1, 0.15) is 0 Å². The molecule has 0 bridgehead atoms. The Morgan fingerprint density at radius 1 is 0.857 bits per heavy atom. The number of imide groups is 1. The van der Waals surface area contributed by atoms with Gasteiger partial charge in [-0.25, -0.2) is 0 Å². The van der Waals surface area contributed by atoms with Crippen molar-refractivity contribution in [2.24, 2.45) is 0 Å². The largest absolute Gasteiger partial charge is 2.00 e. The second-order valence-corrected chi connectivity index (χ2v) is 2.33. The zero-order chi connectivity index (χ0) is 7.84. The van der Waals surface area contributed by atoms with Gasteiger partial charge in [-0.1, -0.05) is 12.1 Å². The van der Waals surface area contributed by atoms with Gasteiger partial charge in [0.15, 0.2) is 0 Å². The molecule has 2 rings (SSSR count). The van der Waals surface area contributed by atoms with Crippen LogP contribution in [0, 0.1) is 0 Å². The minimum atomic E-state index is -0.300. The predicted molar refractivity (Wildman–Crippen MR) is 44.0 cm³/mol. The first-order valence-electron chi connectivity index (χ1n) is 3.24. The molecule has 0 atom stereocenters. The molecule has 0 aromatic heterocycles. The van der Waals surface area contributed by atoms with Crippen LogP contribution in [0.15, 0.2) is 24.3 Å². The van der Waals surface area contributed by atoms with Crippen LogP contribution >= 0.6 is 0 Å². The number of rotatable bonds is 0. The van der Waals surface area contributed by atoms with E-state index in [1.165, 1.54) is 0 Å². The van der Waals surface area contributed by atoms with Crippen molar-refractivity contribution in [2.45, 2.75) is 0 Å². The van der Waals surface area contributed by atoms with E-state index in [-0.39, 0.29) is 85.5 Å². The van der Waals surface area contributed by atoms with Gasteiger partial charge in [0.25, 0.3) is 11.8 Å². The van der Waals surface area contributed by atoms with Crippen molar-refractivity contribution in [1.82, 2.24) is 5.32 Å². The molecular formula is C8H5BaCl2NO2. The van der Waals surface area contributed by atoms with Gasteiger partial charge in [-0.2, -0.15) is 0 Å². The second kappa shape index (κ2) is 6.90. The van der Waals surface area contributed by atoms with Crippen molar-refractivity contribution in [2.75, 3.05) is 0 Å². The van der Waals surface area contributed by atoms with Gasteiger partial charge in [0.05, 0.1) is 11.1 Å². The summed E-state index contributed by atoms with van der Waals surface area (Å²) in [5.41, 5.74) is 0.940. The molecule has 70 valence electrons. The van der Waals surface area contributed by atoms with E-state index in [2.05, 4.69) is 5.32 Å². The smallest absolute Gasteiger partial charge is 1.00 e. The molecule has 3 nitrogen and oxygen atoms in total. The van der Waals surface area contributed by atoms with E-state index in [1.807, 2.05) is 0 Å². The molecule has 0 unspecified atom stereocenters. The summed E-state index contributed by atoms with van der Waals surface area (Å²) in [7, 11) is 0. The molecule has 2 amide bonds. The topological polar surface area (TPSA) is 46.2 Å². The first-order chi connectivity index (χ1) is 5.29. The van der Waals surface area contributed by atoms with Crippen LogP contribution in [0.5, 0.6) is 0 Å². The molecule has 0 saturated carbocycles. The predicted octanol–water partition coefficient (Wildman–Crippen LogP) is -5.80. The first kappa shape index (κ1) is 16.9. The second-order valence-electron chi connectivity index (χ2n) is 2.33. The van der Waals surface area contributed by atoms with Gasteiger partial charge in [0.2, 0.25) is 0 Å². The van der Waals surface area contributed by atoms with Crippen LogP contribution in [0.2, 0.25) is 0 Å². The molecule has 1 aliphatic rings. The van der Waals surface area contributed by atoms with E-state index in [4.69, 9.17) is 0 Å². The third-order valence-corrected chi connectivity index (χ3v) is 1.64. The van der Waals surface area contributed by atoms with Crippen molar-refractivity contribution in [1.29, 1.82) is 0 Å². The Labute approximate surface area is 134 Å². The van der Waals surface area contributed by atoms with Gasteiger partial charge < -0.3 is 24.8 Å². The first-order valence-corrected chi connectivity index (χ1v) is 3.24. The van der Waals surface area contributed by atoms with Gasteiger partial charge >= 0.3 is 48.9 Å². The van der Waals surface area contributed by atoms with Crippen LogP contribution in [-0.4, -0.2) is 60.7 Å². The van der Waals surface area contributed by atoms with Crippen LogP contribution in [-0.2, 0) is 0 Å². The number of nitrogens with one attached hydrogen (secondary N) is 1. The molecule has 0 radical (unpaired) electrons. The van der Waals surface area contributed by atoms with Crippen LogP contribution in [0.25, 0.3) is 0 Å². The quantitative estimate of drug-likeness (QED) is 0.372. The number of halogens is 2. The Bertz CT molecular complexity index is 324. The Kier molecular flexibility index (Phi) is 8.34. The number of carbonyl (C=O) groups excluding carboxylic acids is 2. The van der Waals surface area contributed by atoms with E-state index < -0.39 is 0 Å². The molecule has 1 aromatic rings. The third-order valence-electron chi connectivity index (χ3n) is 1.64. The number of hydrogen-bond acceptors (Lipinski definition) is 2. The standard InChI is InChI=1S/C8H5NO2.Ba.2ClH/c10-7-5-3-1-2-4-6(5)8(11)9-7;;;/h1-4H,(H,9,10,11);;2*1H/q;+2;;/p-2. The molecule has 1 heterocycles. The molecule has 0 fully saturated rings. The van der Waals surface area contributed by atoms with E-state index in [0.29, 0.717) is 11.1 Å². The summed E-state index contributed by atoms with van der Waals surface area (Å²) in [5, 5.41) is 2.20. The molecule has 1 aliphatic heterocycles. The summed E-state index contributed by atoms with van der Waals surface area (Å²) in [5.74, 6) is -0.601. The summed E-state index contributed by atoms with van der Waals surface area (Å²) in [4.78, 5) is 21.9. The van der Waals surface area contributed by atoms with Crippen LogP contribution in [0.1, 0.15) is 20.7 Å². The van der Waals surface area contributed by atoms with Crippen LogP contribution in [0.3, 0.4) is 0 Å². The fourth-order valence-electron chi connectivity index (χ4n) is 1.12. The van der Waals surface area contributed by atoms with Gasteiger partial charge in [-0.3, -0.25) is 14.9 Å². The Morgan fingerprint density at radius 2 is 1.21 bits per heavy atom. The summed E-state index contributed by atoms with van der Waals surface area (Å²) in [6.07, 6.45) is 0. The van der Waals surface area contributed by atoms with Gasteiger partial charge in [-0.05, 0) is 12.1 Å². The monoisotopic (exact) mass is 355 g/mol. The number of benzene rings is 1. The Morgan fingerprint density at radius 3 is 1.57 bits per heavy atom. The number of carbonyl (C=O) groups is 2. The number of amides is 2. The fraction of sp³-hybridized carbons (Fsp3) is 0. The van der Waals surface area contributed by atoms with E-state index in [9.17, 15) is 9.59 Å². The minimum absolute atomic E-state index is 0. The molecule has 0 aliphatic carbocycles. The summed E-state index contributed by atoms with van der Waals surface area (Å²) >= 11 is 0. The van der Waals surface area contributed by atoms with Gasteiger partial charge in [-0.15, -0.1) is 0 Å². The molecule has 1 aromatic carbocycles. The third kappa shape index (κ3) is 3.00. The maximum Gasteiger partial charge on any atom is 2.00 e. The van der Waals surface area contributed by atoms with Crippen molar-refractivity contribution in [3.8, 4) is 0 Å². The average molecular weight is 355 g/mol. The maximum absolute atomic E-state index is 10.9.